The van der Waals surface area contributed by atoms with Crippen molar-refractivity contribution in [3.8, 4) is 0 Å². The lowest BCUT2D eigenvalue weighted by atomic mass is 9.88. The van der Waals surface area contributed by atoms with Crippen molar-refractivity contribution < 1.29 is 9.21 Å². The first-order chi connectivity index (χ1) is 9.72. The van der Waals surface area contributed by atoms with Gasteiger partial charge in [-0.3, -0.25) is 9.78 Å². The van der Waals surface area contributed by atoms with Gasteiger partial charge in [0, 0.05) is 12.5 Å². The van der Waals surface area contributed by atoms with E-state index >= 15 is 0 Å². The molecule has 0 bridgehead atoms. The van der Waals surface area contributed by atoms with Crippen molar-refractivity contribution in [3.63, 3.8) is 0 Å². The van der Waals surface area contributed by atoms with Gasteiger partial charge in [0.25, 0.3) is 0 Å². The second-order valence-corrected chi connectivity index (χ2v) is 5.40. The quantitative estimate of drug-likeness (QED) is 0.902. The third kappa shape index (κ3) is 2.76. The molecule has 0 aliphatic heterocycles. The highest BCUT2D eigenvalue weighted by molar-refractivity contribution is 5.79. The van der Waals surface area contributed by atoms with Crippen molar-refractivity contribution >= 4 is 17.0 Å². The number of carbonyl (C=O) groups excluding carboxylic acids is 1. The fourth-order valence-corrected chi connectivity index (χ4v) is 2.80. The summed E-state index contributed by atoms with van der Waals surface area (Å²) in [4.78, 5) is 25.7. The number of carbonyl (C=O) groups is 1. The maximum atomic E-state index is 12.0. The highest BCUT2D eigenvalue weighted by Gasteiger charge is 2.20. The monoisotopic (exact) mass is 274 g/mol. The van der Waals surface area contributed by atoms with Crippen LogP contribution in [0.2, 0.25) is 0 Å². The Morgan fingerprint density at radius 3 is 2.90 bits per heavy atom. The average molecular weight is 274 g/mol. The van der Waals surface area contributed by atoms with Gasteiger partial charge in [-0.25, -0.2) is 4.79 Å². The largest absolute Gasteiger partial charge is 0.417 e. The van der Waals surface area contributed by atoms with Crippen molar-refractivity contribution in [2.24, 2.45) is 5.92 Å². The van der Waals surface area contributed by atoms with Gasteiger partial charge >= 0.3 is 5.76 Å². The van der Waals surface area contributed by atoms with Gasteiger partial charge in [-0.05, 0) is 30.5 Å². The fourth-order valence-electron chi connectivity index (χ4n) is 2.80. The highest BCUT2D eigenvalue weighted by Crippen LogP contribution is 2.23. The predicted octanol–water partition coefficient (Wildman–Crippen LogP) is 2.32. The number of hydrogen-bond acceptors (Lipinski definition) is 3. The second-order valence-electron chi connectivity index (χ2n) is 5.40. The lowest BCUT2D eigenvalue weighted by Gasteiger charge is -2.20. The van der Waals surface area contributed by atoms with Gasteiger partial charge in [0.05, 0.1) is 5.52 Å². The summed E-state index contributed by atoms with van der Waals surface area (Å²) in [6.45, 7) is 0.472. The van der Waals surface area contributed by atoms with Crippen LogP contribution in [0.5, 0.6) is 0 Å². The van der Waals surface area contributed by atoms with Gasteiger partial charge in [-0.15, -0.1) is 0 Å². The van der Waals surface area contributed by atoms with E-state index in [1.165, 1.54) is 6.42 Å². The van der Waals surface area contributed by atoms with E-state index in [1.807, 2.05) is 6.07 Å². The Balaban J connectivity index is 1.64. The van der Waals surface area contributed by atoms with Gasteiger partial charge in [0.15, 0.2) is 5.58 Å². The number of oxazole rings is 1. The molecule has 5 heteroatoms. The minimum absolute atomic E-state index is 0.139. The van der Waals surface area contributed by atoms with Gasteiger partial charge in [0.1, 0.15) is 0 Å². The number of nitrogens with one attached hydrogen (secondary N) is 2. The zero-order valence-corrected chi connectivity index (χ0v) is 11.3. The SMILES string of the molecule is O=C(NCc1ccc2[nH]c(=O)oc2c1)C1CCCCC1. The lowest BCUT2D eigenvalue weighted by Crippen LogP contribution is -2.31. The van der Waals surface area contributed by atoms with E-state index in [0.717, 1.165) is 31.2 Å². The molecule has 0 atom stereocenters. The maximum Gasteiger partial charge on any atom is 0.417 e. The summed E-state index contributed by atoms with van der Waals surface area (Å²) in [6, 6.07) is 5.46. The Morgan fingerprint density at radius 1 is 1.30 bits per heavy atom. The van der Waals surface area contributed by atoms with Crippen LogP contribution < -0.4 is 11.1 Å². The molecule has 20 heavy (non-hydrogen) atoms. The summed E-state index contributed by atoms with van der Waals surface area (Å²) in [6.07, 6.45) is 5.54. The predicted molar refractivity (Wildman–Crippen MR) is 75.3 cm³/mol. The third-order valence-electron chi connectivity index (χ3n) is 3.93. The van der Waals surface area contributed by atoms with E-state index in [2.05, 4.69) is 10.3 Å². The zero-order valence-electron chi connectivity index (χ0n) is 11.3. The molecule has 1 aromatic heterocycles. The van der Waals surface area contributed by atoms with Crippen molar-refractivity contribution in [1.82, 2.24) is 10.3 Å². The third-order valence-corrected chi connectivity index (χ3v) is 3.93. The Kier molecular flexibility index (Phi) is 3.58. The lowest BCUT2D eigenvalue weighted by molar-refractivity contribution is -0.126. The molecule has 1 aliphatic rings. The topological polar surface area (TPSA) is 75.1 Å². The normalized spacial score (nSPS) is 16.4. The number of hydrogen-bond donors (Lipinski definition) is 2. The first-order valence-electron chi connectivity index (χ1n) is 7.12. The number of fused-ring (bicyclic) bond motifs is 1. The maximum absolute atomic E-state index is 12.0. The van der Waals surface area contributed by atoms with Gasteiger partial charge in [-0.2, -0.15) is 0 Å². The average Bonchev–Trinajstić information content (AvgIpc) is 2.85. The molecule has 1 amide bonds. The summed E-state index contributed by atoms with van der Waals surface area (Å²) in [5, 5.41) is 2.97. The van der Waals surface area contributed by atoms with E-state index in [0.29, 0.717) is 17.6 Å². The highest BCUT2D eigenvalue weighted by atomic mass is 16.4. The van der Waals surface area contributed by atoms with Crippen LogP contribution in [0.4, 0.5) is 0 Å². The number of H-pyrrole nitrogens is 1. The molecule has 2 N–H and O–H groups in total. The molecule has 0 radical (unpaired) electrons. The van der Waals surface area contributed by atoms with Crippen LogP contribution in [0.3, 0.4) is 0 Å². The molecular formula is C15H18N2O3. The molecule has 106 valence electrons. The second kappa shape index (κ2) is 5.53. The van der Waals surface area contributed by atoms with Crippen LogP contribution in [-0.2, 0) is 11.3 Å². The van der Waals surface area contributed by atoms with Gasteiger partial charge < -0.3 is 9.73 Å². The van der Waals surface area contributed by atoms with Gasteiger partial charge in [0.2, 0.25) is 5.91 Å². The molecule has 1 aliphatic carbocycles. The van der Waals surface area contributed by atoms with Crippen LogP contribution in [0, 0.1) is 5.92 Å². The number of aromatic nitrogens is 1. The van der Waals surface area contributed by atoms with Crippen molar-refractivity contribution in [3.05, 3.63) is 34.3 Å². The van der Waals surface area contributed by atoms with E-state index < -0.39 is 5.76 Å². The van der Waals surface area contributed by atoms with Crippen LogP contribution in [0.1, 0.15) is 37.7 Å². The van der Waals surface area contributed by atoms with E-state index in [1.54, 1.807) is 12.1 Å². The van der Waals surface area contributed by atoms with Crippen LogP contribution in [0.15, 0.2) is 27.4 Å². The molecule has 0 saturated heterocycles. The summed E-state index contributed by atoms with van der Waals surface area (Å²) in [7, 11) is 0. The van der Waals surface area contributed by atoms with Crippen molar-refractivity contribution in [2.75, 3.05) is 0 Å². The van der Waals surface area contributed by atoms with Crippen LogP contribution in [0.25, 0.3) is 11.1 Å². The number of rotatable bonds is 3. The van der Waals surface area contributed by atoms with Gasteiger partial charge in [-0.1, -0.05) is 25.3 Å². The van der Waals surface area contributed by atoms with Crippen molar-refractivity contribution in [2.45, 2.75) is 38.6 Å². The smallest absolute Gasteiger partial charge is 0.408 e. The molecule has 3 rings (SSSR count). The molecule has 0 unspecified atom stereocenters. The fraction of sp³-hybridized carbons (Fsp3) is 0.467. The Hall–Kier alpha value is -2.04. The standard InChI is InChI=1S/C15H18N2O3/c18-14(11-4-2-1-3-5-11)16-9-10-6-7-12-13(8-10)20-15(19)17-12/h6-8,11H,1-5,9H2,(H,16,18)(H,17,19). The molecule has 1 heterocycles. The van der Waals surface area contributed by atoms with Crippen LogP contribution in [-0.4, -0.2) is 10.9 Å². The number of aromatic amines is 1. The Morgan fingerprint density at radius 2 is 2.10 bits per heavy atom. The van der Waals surface area contributed by atoms with Crippen LogP contribution >= 0.6 is 0 Å². The molecule has 1 saturated carbocycles. The molecular weight excluding hydrogens is 256 g/mol. The first kappa shape index (κ1) is 13.0. The molecule has 5 nitrogen and oxygen atoms in total. The zero-order chi connectivity index (χ0) is 13.9. The molecule has 2 aromatic rings. The minimum Gasteiger partial charge on any atom is -0.408 e. The summed E-state index contributed by atoms with van der Waals surface area (Å²) in [5.41, 5.74) is 2.14. The Labute approximate surface area is 116 Å². The number of amides is 1. The molecule has 1 fully saturated rings. The molecule has 0 spiro atoms. The summed E-state index contributed by atoms with van der Waals surface area (Å²) in [5.74, 6) is -0.151. The van der Waals surface area contributed by atoms with E-state index in [4.69, 9.17) is 4.42 Å². The molecule has 1 aromatic carbocycles. The number of benzene rings is 1. The summed E-state index contributed by atoms with van der Waals surface area (Å²) >= 11 is 0. The minimum atomic E-state index is -0.455. The summed E-state index contributed by atoms with van der Waals surface area (Å²) < 4.78 is 5.01. The first-order valence-corrected chi connectivity index (χ1v) is 7.12. The Bertz CT molecular complexity index is 665. The van der Waals surface area contributed by atoms with Crippen molar-refractivity contribution in [1.29, 1.82) is 0 Å². The van der Waals surface area contributed by atoms with E-state index in [-0.39, 0.29) is 11.8 Å². The van der Waals surface area contributed by atoms with E-state index in [9.17, 15) is 9.59 Å².